The second-order valence-corrected chi connectivity index (χ2v) is 1.91. The molecule has 0 amide bonds. The van der Waals surface area contributed by atoms with Crippen molar-refractivity contribution in [3.05, 3.63) is 30.3 Å². The predicted octanol–water partition coefficient (Wildman–Crippen LogP) is -0.411. The molecule has 1 aromatic carbocycles. The Kier molecular flexibility index (Phi) is 7.68. The second-order valence-electron chi connectivity index (χ2n) is 1.91. The van der Waals surface area contributed by atoms with Gasteiger partial charge in [0.2, 0.25) is 13.6 Å². The number of halogens is 2. The minimum atomic E-state index is -2.36. The molecule has 0 atom stereocenters. The number of hydrogen-bond donors (Lipinski definition) is 0. The van der Waals surface area contributed by atoms with Gasteiger partial charge in [0.05, 0.1) is 0 Å². The normalized spacial score (nSPS) is 8.25. The van der Waals surface area contributed by atoms with Crippen LogP contribution in [-0.4, -0.2) is 24.6 Å². The van der Waals surface area contributed by atoms with Gasteiger partial charge < -0.3 is 11.0 Å². The lowest BCUT2D eigenvalue weighted by Crippen LogP contribution is -2.20. The highest BCUT2D eigenvalue weighted by molar-refractivity contribution is 6.54. The van der Waals surface area contributed by atoms with E-state index in [1.807, 2.05) is 0 Å². The van der Waals surface area contributed by atoms with E-state index in [4.69, 9.17) is 0 Å². The Balaban J connectivity index is 0. The summed E-state index contributed by atoms with van der Waals surface area (Å²) in [6, 6.07) is 8.55. The van der Waals surface area contributed by atoms with Crippen LogP contribution in [0.15, 0.2) is 30.3 Å². The van der Waals surface area contributed by atoms with Crippen LogP contribution in [0.25, 0.3) is 0 Å². The van der Waals surface area contributed by atoms with Crippen LogP contribution in [0.5, 0.6) is 0 Å². The maximum Gasteiger partial charge on any atom is 0.241 e. The molecular formula is C7H10BF2O2. The van der Waals surface area contributed by atoms with Gasteiger partial charge in [0.25, 0.3) is 0 Å². The Labute approximate surface area is 70.1 Å². The first-order valence-corrected chi connectivity index (χ1v) is 2.97. The van der Waals surface area contributed by atoms with Crippen molar-refractivity contribution in [3.8, 4) is 0 Å². The summed E-state index contributed by atoms with van der Waals surface area (Å²) in [5.74, 6) is 0. The van der Waals surface area contributed by atoms with Crippen LogP contribution in [0.3, 0.4) is 0 Å². The van der Waals surface area contributed by atoms with E-state index in [-0.39, 0.29) is 11.0 Å². The molecule has 0 fully saturated rings. The van der Waals surface area contributed by atoms with Crippen LogP contribution in [0.2, 0.25) is 0 Å². The Morgan fingerprint density at radius 3 is 1.92 bits per heavy atom. The van der Waals surface area contributed by atoms with E-state index >= 15 is 0 Å². The molecule has 0 saturated heterocycles. The Hall–Kier alpha value is -0.935. The number of alkyl halides is 2. The smallest absolute Gasteiger partial charge is 0.241 e. The van der Waals surface area contributed by atoms with Crippen LogP contribution in [0.1, 0.15) is 0 Å². The van der Waals surface area contributed by atoms with Gasteiger partial charge in [0.15, 0.2) is 0 Å². The van der Waals surface area contributed by atoms with E-state index in [2.05, 4.69) is 0 Å². The average Bonchev–Trinajstić information content (AvgIpc) is 1.88. The van der Waals surface area contributed by atoms with Gasteiger partial charge in [-0.05, 0) is 0 Å². The van der Waals surface area contributed by atoms with Gasteiger partial charge >= 0.3 is 0 Å². The van der Waals surface area contributed by atoms with Crippen molar-refractivity contribution in [1.29, 1.82) is 0 Å². The zero-order valence-electron chi connectivity index (χ0n) is 6.30. The van der Waals surface area contributed by atoms with Crippen molar-refractivity contribution in [2.24, 2.45) is 0 Å². The molecule has 0 bridgehead atoms. The van der Waals surface area contributed by atoms with Gasteiger partial charge in [-0.3, -0.25) is 0 Å². The molecule has 1 aromatic rings. The summed E-state index contributed by atoms with van der Waals surface area (Å²) in [5, 5.41) is 0. The van der Waals surface area contributed by atoms with Crippen molar-refractivity contribution in [2.45, 2.75) is 6.32 Å². The van der Waals surface area contributed by atoms with Crippen molar-refractivity contribution in [3.63, 3.8) is 0 Å². The molecule has 0 aliphatic heterocycles. The van der Waals surface area contributed by atoms with Crippen molar-refractivity contribution < 1.29 is 19.7 Å². The second kappa shape index (κ2) is 6.76. The van der Waals surface area contributed by atoms with Crippen molar-refractivity contribution in [2.75, 3.05) is 0 Å². The molecule has 67 valence electrons. The van der Waals surface area contributed by atoms with E-state index in [1.165, 1.54) is 0 Å². The summed E-state index contributed by atoms with van der Waals surface area (Å²) >= 11 is 0. The lowest BCUT2D eigenvalue weighted by molar-refractivity contribution is 0.240. The molecule has 0 aromatic heterocycles. The molecule has 0 aliphatic rings. The minimum absolute atomic E-state index is 0. The average molecular weight is 175 g/mol. The lowest BCUT2D eigenvalue weighted by atomic mass is 9.71. The van der Waals surface area contributed by atoms with E-state index in [0.717, 1.165) is 7.28 Å². The van der Waals surface area contributed by atoms with Gasteiger partial charge in [-0.2, -0.15) is 0 Å². The molecule has 0 heterocycles. The SMILES string of the molecule is FC(F)[B]c1ccccc1.O.O. The summed E-state index contributed by atoms with van der Waals surface area (Å²) in [7, 11) is 0.917. The Morgan fingerprint density at radius 2 is 1.50 bits per heavy atom. The van der Waals surface area contributed by atoms with Crippen LogP contribution in [0, 0.1) is 0 Å². The monoisotopic (exact) mass is 175 g/mol. The van der Waals surface area contributed by atoms with Gasteiger partial charge in [-0.25, -0.2) is 8.78 Å². The quantitative estimate of drug-likeness (QED) is 0.548. The first kappa shape index (κ1) is 13.6. The van der Waals surface area contributed by atoms with Crippen LogP contribution < -0.4 is 5.46 Å². The fraction of sp³-hybridized carbons (Fsp3) is 0.143. The molecule has 2 nitrogen and oxygen atoms in total. The van der Waals surface area contributed by atoms with Crippen molar-refractivity contribution in [1.82, 2.24) is 0 Å². The third kappa shape index (κ3) is 4.82. The van der Waals surface area contributed by atoms with E-state index in [0.29, 0.717) is 5.46 Å². The highest BCUT2D eigenvalue weighted by Gasteiger charge is 2.05. The third-order valence-electron chi connectivity index (χ3n) is 1.12. The molecule has 0 unspecified atom stereocenters. The van der Waals surface area contributed by atoms with Gasteiger partial charge in [0, 0.05) is 0 Å². The highest BCUT2D eigenvalue weighted by Crippen LogP contribution is 1.89. The molecule has 12 heavy (non-hydrogen) atoms. The summed E-state index contributed by atoms with van der Waals surface area (Å²) in [5.41, 5.74) is 0.567. The summed E-state index contributed by atoms with van der Waals surface area (Å²) in [4.78, 5) is 0. The van der Waals surface area contributed by atoms with Crippen LogP contribution in [0.4, 0.5) is 8.78 Å². The Bertz CT molecular complexity index is 194. The summed E-state index contributed by atoms with van der Waals surface area (Å²) in [6.07, 6.45) is -2.36. The molecular weight excluding hydrogens is 165 g/mol. The summed E-state index contributed by atoms with van der Waals surface area (Å²) < 4.78 is 23.3. The molecule has 0 spiro atoms. The number of hydrogen-bond acceptors (Lipinski definition) is 0. The number of rotatable bonds is 2. The number of benzene rings is 1. The largest absolute Gasteiger partial charge is 0.412 e. The van der Waals surface area contributed by atoms with E-state index < -0.39 is 6.32 Å². The molecule has 0 saturated carbocycles. The van der Waals surface area contributed by atoms with Gasteiger partial charge in [-0.1, -0.05) is 35.8 Å². The van der Waals surface area contributed by atoms with E-state index in [1.54, 1.807) is 30.3 Å². The third-order valence-corrected chi connectivity index (χ3v) is 1.12. The molecule has 5 heteroatoms. The predicted molar refractivity (Wildman–Crippen MR) is 45.1 cm³/mol. The fourth-order valence-corrected chi connectivity index (χ4v) is 0.710. The first-order valence-electron chi connectivity index (χ1n) is 2.97. The molecule has 1 radical (unpaired) electrons. The van der Waals surface area contributed by atoms with Crippen LogP contribution in [-0.2, 0) is 0 Å². The molecule has 4 N–H and O–H groups in total. The van der Waals surface area contributed by atoms with Gasteiger partial charge in [-0.15, -0.1) is 0 Å². The maximum atomic E-state index is 11.7. The zero-order valence-corrected chi connectivity index (χ0v) is 6.30. The van der Waals surface area contributed by atoms with Gasteiger partial charge in [0.1, 0.15) is 0 Å². The van der Waals surface area contributed by atoms with E-state index in [9.17, 15) is 8.78 Å². The summed E-state index contributed by atoms with van der Waals surface area (Å²) in [6.45, 7) is 0. The lowest BCUT2D eigenvalue weighted by Gasteiger charge is -1.94. The Morgan fingerprint density at radius 1 is 1.00 bits per heavy atom. The molecule has 1 rings (SSSR count). The first-order chi connectivity index (χ1) is 4.79. The fourth-order valence-electron chi connectivity index (χ4n) is 0.710. The zero-order chi connectivity index (χ0) is 7.40. The van der Waals surface area contributed by atoms with Crippen molar-refractivity contribution >= 4 is 12.7 Å². The highest BCUT2D eigenvalue weighted by atomic mass is 19.3. The standard InChI is InChI=1S/C7H6BF2.2H2O/c9-7(10)8-6-4-2-1-3-5-6;;/h1-5,7H;2*1H2. The molecule has 0 aliphatic carbocycles. The maximum absolute atomic E-state index is 11.7. The van der Waals surface area contributed by atoms with Crippen LogP contribution >= 0.6 is 0 Å². The topological polar surface area (TPSA) is 63.0 Å². The minimum Gasteiger partial charge on any atom is -0.412 e.